The molecular formula is C17H20N2O. The van der Waals surface area contributed by atoms with Crippen LogP contribution >= 0.6 is 0 Å². The van der Waals surface area contributed by atoms with Gasteiger partial charge in [0, 0.05) is 24.2 Å². The number of hydrogen-bond acceptors (Lipinski definition) is 2. The van der Waals surface area contributed by atoms with Crippen molar-refractivity contribution in [3.8, 4) is 0 Å². The molecule has 0 amide bonds. The predicted octanol–water partition coefficient (Wildman–Crippen LogP) is 3.11. The number of benzene rings is 1. The van der Waals surface area contributed by atoms with Gasteiger partial charge in [-0.15, -0.1) is 0 Å². The maximum Gasteiger partial charge on any atom is 0.166 e. The average Bonchev–Trinajstić information content (AvgIpc) is 2.66. The molecule has 104 valence electrons. The molecule has 1 heterocycles. The maximum absolute atomic E-state index is 12.7. The highest BCUT2D eigenvalue weighted by Crippen LogP contribution is 2.27. The van der Waals surface area contributed by atoms with Crippen molar-refractivity contribution in [3.63, 3.8) is 0 Å². The first-order valence-electron chi connectivity index (χ1n) is 7.27. The van der Waals surface area contributed by atoms with E-state index in [0.717, 1.165) is 42.6 Å². The van der Waals surface area contributed by atoms with Crippen LogP contribution in [0.25, 0.3) is 0 Å². The van der Waals surface area contributed by atoms with E-state index in [1.54, 1.807) is 0 Å². The molecule has 1 aromatic carbocycles. The number of fused-ring (bicyclic) bond motifs is 1. The van der Waals surface area contributed by atoms with Crippen molar-refractivity contribution in [1.82, 2.24) is 9.78 Å². The molecule has 1 aliphatic carbocycles. The summed E-state index contributed by atoms with van der Waals surface area (Å²) in [5.41, 5.74) is 4.30. The quantitative estimate of drug-likeness (QED) is 0.784. The molecule has 3 rings (SSSR count). The van der Waals surface area contributed by atoms with E-state index in [-0.39, 0.29) is 5.92 Å². The molecule has 20 heavy (non-hydrogen) atoms. The number of aryl methyl sites for hydroxylation is 3. The van der Waals surface area contributed by atoms with Gasteiger partial charge in [-0.2, -0.15) is 5.10 Å². The van der Waals surface area contributed by atoms with Crippen molar-refractivity contribution in [2.45, 2.75) is 32.6 Å². The van der Waals surface area contributed by atoms with E-state index in [9.17, 15) is 4.79 Å². The minimum absolute atomic E-state index is 0.0912. The van der Waals surface area contributed by atoms with Gasteiger partial charge in [0.05, 0.1) is 5.69 Å². The largest absolute Gasteiger partial charge is 0.294 e. The monoisotopic (exact) mass is 268 g/mol. The number of nitrogens with zero attached hydrogens (tertiary/aromatic N) is 2. The number of carbonyl (C=O) groups excluding carboxylic acids is 1. The molecule has 3 nitrogen and oxygen atoms in total. The minimum Gasteiger partial charge on any atom is -0.294 e. The molecule has 0 aliphatic heterocycles. The average molecular weight is 268 g/mol. The third-order valence-electron chi connectivity index (χ3n) is 4.21. The zero-order valence-electron chi connectivity index (χ0n) is 12.1. The van der Waals surface area contributed by atoms with Crippen molar-refractivity contribution in [1.29, 1.82) is 0 Å². The smallest absolute Gasteiger partial charge is 0.166 e. The minimum atomic E-state index is 0.0912. The Morgan fingerprint density at radius 3 is 2.90 bits per heavy atom. The van der Waals surface area contributed by atoms with Crippen LogP contribution in [-0.4, -0.2) is 15.6 Å². The van der Waals surface area contributed by atoms with Gasteiger partial charge in [-0.25, -0.2) is 0 Å². The normalized spacial score (nSPS) is 18.7. The molecule has 0 bridgehead atoms. The van der Waals surface area contributed by atoms with Gasteiger partial charge in [0.25, 0.3) is 0 Å². The molecule has 0 spiro atoms. The van der Waals surface area contributed by atoms with Gasteiger partial charge >= 0.3 is 0 Å². The topological polar surface area (TPSA) is 34.9 Å². The van der Waals surface area contributed by atoms with E-state index in [4.69, 9.17) is 0 Å². The Balaban J connectivity index is 1.88. The van der Waals surface area contributed by atoms with Gasteiger partial charge < -0.3 is 0 Å². The van der Waals surface area contributed by atoms with E-state index >= 15 is 0 Å². The van der Waals surface area contributed by atoms with Crippen molar-refractivity contribution in [3.05, 3.63) is 52.8 Å². The molecular weight excluding hydrogens is 248 g/mol. The van der Waals surface area contributed by atoms with Crippen LogP contribution in [0, 0.1) is 12.8 Å². The van der Waals surface area contributed by atoms with Gasteiger partial charge in [0.1, 0.15) is 0 Å². The Morgan fingerprint density at radius 1 is 1.35 bits per heavy atom. The molecule has 2 aromatic rings. The van der Waals surface area contributed by atoms with Gasteiger partial charge in [-0.05, 0) is 44.2 Å². The number of ketones is 1. The second-order valence-corrected chi connectivity index (χ2v) is 5.72. The van der Waals surface area contributed by atoms with Gasteiger partial charge in [-0.1, -0.05) is 24.3 Å². The van der Waals surface area contributed by atoms with E-state index < -0.39 is 0 Å². The van der Waals surface area contributed by atoms with E-state index in [2.05, 4.69) is 17.2 Å². The number of Topliss-reactive ketones (excluding diaryl/α,β-unsaturated/α-hetero) is 1. The zero-order valence-corrected chi connectivity index (χ0v) is 12.1. The standard InChI is InChI=1S/C17H20N2O/c1-12-10-15(19(2)18-12)11-14-8-5-7-13-6-3-4-9-16(13)17(14)20/h3-4,6,9-10,14H,5,7-8,11H2,1-2H3. The summed E-state index contributed by atoms with van der Waals surface area (Å²) in [6, 6.07) is 10.1. The Kier molecular flexibility index (Phi) is 3.43. The SMILES string of the molecule is Cc1cc(CC2CCCc3ccccc3C2=O)n(C)n1. The fraction of sp³-hybridized carbons (Fsp3) is 0.412. The van der Waals surface area contributed by atoms with Crippen LogP contribution in [0.5, 0.6) is 0 Å². The fourth-order valence-electron chi connectivity index (χ4n) is 3.17. The van der Waals surface area contributed by atoms with Crippen molar-refractivity contribution < 1.29 is 4.79 Å². The van der Waals surface area contributed by atoms with Crippen LogP contribution in [0.3, 0.4) is 0 Å². The molecule has 1 atom stereocenters. The van der Waals surface area contributed by atoms with Gasteiger partial charge in [-0.3, -0.25) is 9.48 Å². The second-order valence-electron chi connectivity index (χ2n) is 5.72. The van der Waals surface area contributed by atoms with Gasteiger partial charge in [0.2, 0.25) is 0 Å². The fourth-order valence-corrected chi connectivity index (χ4v) is 3.17. The first kappa shape index (κ1) is 13.1. The lowest BCUT2D eigenvalue weighted by atomic mass is 9.91. The number of rotatable bonds is 2. The van der Waals surface area contributed by atoms with E-state index in [0.29, 0.717) is 5.78 Å². The third-order valence-corrected chi connectivity index (χ3v) is 4.21. The summed E-state index contributed by atoms with van der Waals surface area (Å²) in [4.78, 5) is 12.7. The molecule has 0 radical (unpaired) electrons. The van der Waals surface area contributed by atoms with Crippen LogP contribution in [0.4, 0.5) is 0 Å². The van der Waals surface area contributed by atoms with Crippen LogP contribution in [-0.2, 0) is 19.9 Å². The van der Waals surface area contributed by atoms with E-state index in [1.165, 1.54) is 5.56 Å². The summed E-state index contributed by atoms with van der Waals surface area (Å²) < 4.78 is 1.90. The van der Waals surface area contributed by atoms with Crippen molar-refractivity contribution >= 4 is 5.78 Å². The highest BCUT2D eigenvalue weighted by atomic mass is 16.1. The Bertz CT molecular complexity index is 642. The number of hydrogen-bond donors (Lipinski definition) is 0. The van der Waals surface area contributed by atoms with Crippen LogP contribution in [0.1, 0.15) is 40.2 Å². The molecule has 0 N–H and O–H groups in total. The molecule has 1 aromatic heterocycles. The van der Waals surface area contributed by atoms with Crippen LogP contribution < -0.4 is 0 Å². The number of aromatic nitrogens is 2. The van der Waals surface area contributed by atoms with E-state index in [1.807, 2.05) is 36.9 Å². The predicted molar refractivity (Wildman–Crippen MR) is 78.8 cm³/mol. The number of carbonyl (C=O) groups is 1. The summed E-state index contributed by atoms with van der Waals surface area (Å²) in [5, 5.41) is 4.37. The summed E-state index contributed by atoms with van der Waals surface area (Å²) in [5.74, 6) is 0.394. The Hall–Kier alpha value is -1.90. The first-order chi connectivity index (χ1) is 9.65. The first-order valence-corrected chi connectivity index (χ1v) is 7.27. The Morgan fingerprint density at radius 2 is 2.15 bits per heavy atom. The molecule has 0 saturated carbocycles. The highest BCUT2D eigenvalue weighted by Gasteiger charge is 2.26. The Labute approximate surface area is 119 Å². The molecule has 1 aliphatic rings. The van der Waals surface area contributed by atoms with Crippen LogP contribution in [0.15, 0.2) is 30.3 Å². The van der Waals surface area contributed by atoms with Crippen LogP contribution in [0.2, 0.25) is 0 Å². The van der Waals surface area contributed by atoms with Crippen molar-refractivity contribution in [2.75, 3.05) is 0 Å². The van der Waals surface area contributed by atoms with Gasteiger partial charge in [0.15, 0.2) is 5.78 Å². The lowest BCUT2D eigenvalue weighted by Gasteiger charge is -2.13. The lowest BCUT2D eigenvalue weighted by molar-refractivity contribution is 0.0914. The molecule has 1 unspecified atom stereocenters. The summed E-state index contributed by atoms with van der Waals surface area (Å²) in [7, 11) is 1.96. The molecule has 3 heteroatoms. The third kappa shape index (κ3) is 2.40. The highest BCUT2D eigenvalue weighted by molar-refractivity contribution is 5.99. The lowest BCUT2D eigenvalue weighted by Crippen LogP contribution is -2.18. The maximum atomic E-state index is 12.7. The summed E-state index contributed by atoms with van der Waals surface area (Å²) >= 11 is 0. The summed E-state index contributed by atoms with van der Waals surface area (Å²) in [6.45, 7) is 1.99. The zero-order chi connectivity index (χ0) is 14.1. The van der Waals surface area contributed by atoms with Crippen molar-refractivity contribution in [2.24, 2.45) is 13.0 Å². The second kappa shape index (κ2) is 5.23. The molecule has 0 fully saturated rings. The molecule has 0 saturated heterocycles. The summed E-state index contributed by atoms with van der Waals surface area (Å²) in [6.07, 6.45) is 3.87.